The van der Waals surface area contributed by atoms with Gasteiger partial charge in [-0.05, 0) is 37.0 Å². The molecule has 4 N–H and O–H groups in total. The highest BCUT2D eigenvalue weighted by Crippen LogP contribution is 2.28. The lowest BCUT2D eigenvalue weighted by molar-refractivity contribution is 0.00945. The van der Waals surface area contributed by atoms with Crippen LogP contribution in [-0.4, -0.2) is 25.7 Å². The number of sulfonamides is 1. The minimum Gasteiger partial charge on any atom is -0.399 e. The molecule has 0 saturated heterocycles. The standard InChI is InChI=1S/C15H24N2O3S/c1-2-12-6-7-13(16)10-14(12)21(19,20)17-11-15(18)8-4-3-5-9-15/h6-7,10,17-18H,2-5,8-9,11,16H2,1H3. The second-order valence-electron chi connectivity index (χ2n) is 5.83. The molecule has 0 radical (unpaired) electrons. The Balaban J connectivity index is 2.17. The number of hydrogen-bond acceptors (Lipinski definition) is 4. The van der Waals surface area contributed by atoms with Crippen LogP contribution in [-0.2, 0) is 16.4 Å². The van der Waals surface area contributed by atoms with E-state index in [4.69, 9.17) is 5.73 Å². The van der Waals surface area contributed by atoms with Gasteiger partial charge in [-0.1, -0.05) is 32.3 Å². The maximum absolute atomic E-state index is 12.5. The number of anilines is 1. The van der Waals surface area contributed by atoms with E-state index in [9.17, 15) is 13.5 Å². The summed E-state index contributed by atoms with van der Waals surface area (Å²) in [6.07, 6.45) is 4.89. The summed E-state index contributed by atoms with van der Waals surface area (Å²) in [6.45, 7) is 1.96. The van der Waals surface area contributed by atoms with Crippen molar-refractivity contribution >= 4 is 15.7 Å². The van der Waals surface area contributed by atoms with Crippen LogP contribution in [0.2, 0.25) is 0 Å². The van der Waals surface area contributed by atoms with E-state index in [1.54, 1.807) is 12.1 Å². The molecular weight excluding hydrogens is 288 g/mol. The van der Waals surface area contributed by atoms with Crippen molar-refractivity contribution in [1.29, 1.82) is 0 Å². The molecule has 1 fully saturated rings. The molecule has 0 unspecified atom stereocenters. The van der Waals surface area contributed by atoms with Crippen LogP contribution >= 0.6 is 0 Å². The first-order valence-electron chi connectivity index (χ1n) is 7.47. The molecule has 5 nitrogen and oxygen atoms in total. The first kappa shape index (κ1) is 16.3. The Labute approximate surface area is 126 Å². The minimum absolute atomic E-state index is 0.0628. The van der Waals surface area contributed by atoms with Crippen LogP contribution in [0, 0.1) is 0 Å². The Morgan fingerprint density at radius 3 is 2.57 bits per heavy atom. The van der Waals surface area contributed by atoms with Gasteiger partial charge in [-0.2, -0.15) is 0 Å². The minimum atomic E-state index is -3.65. The van der Waals surface area contributed by atoms with Crippen LogP contribution < -0.4 is 10.5 Å². The molecule has 0 spiro atoms. The highest BCUT2D eigenvalue weighted by atomic mass is 32.2. The molecular formula is C15H24N2O3S. The molecule has 1 aromatic carbocycles. The van der Waals surface area contributed by atoms with Gasteiger partial charge in [-0.15, -0.1) is 0 Å². The fourth-order valence-electron chi connectivity index (χ4n) is 2.81. The molecule has 0 aliphatic heterocycles. The summed E-state index contributed by atoms with van der Waals surface area (Å²) in [5, 5.41) is 10.4. The van der Waals surface area contributed by atoms with E-state index in [1.165, 1.54) is 6.07 Å². The lowest BCUT2D eigenvalue weighted by Crippen LogP contribution is -2.44. The summed E-state index contributed by atoms with van der Waals surface area (Å²) in [5.74, 6) is 0. The smallest absolute Gasteiger partial charge is 0.241 e. The number of hydrogen-bond donors (Lipinski definition) is 3. The Morgan fingerprint density at radius 2 is 1.95 bits per heavy atom. The molecule has 0 amide bonds. The van der Waals surface area contributed by atoms with Gasteiger partial charge in [0.05, 0.1) is 10.5 Å². The van der Waals surface area contributed by atoms with Gasteiger partial charge in [0.2, 0.25) is 10.0 Å². The quantitative estimate of drug-likeness (QED) is 0.723. The summed E-state index contributed by atoms with van der Waals surface area (Å²) in [5.41, 5.74) is 5.93. The van der Waals surface area contributed by atoms with Gasteiger partial charge in [0.25, 0.3) is 0 Å². The molecule has 0 aromatic heterocycles. The molecule has 0 atom stereocenters. The van der Waals surface area contributed by atoms with Crippen molar-refractivity contribution in [3.05, 3.63) is 23.8 Å². The van der Waals surface area contributed by atoms with E-state index in [2.05, 4.69) is 4.72 Å². The van der Waals surface area contributed by atoms with Gasteiger partial charge in [0.1, 0.15) is 0 Å². The predicted molar refractivity (Wildman–Crippen MR) is 83.5 cm³/mol. The van der Waals surface area contributed by atoms with Crippen molar-refractivity contribution in [2.75, 3.05) is 12.3 Å². The van der Waals surface area contributed by atoms with Gasteiger partial charge < -0.3 is 10.8 Å². The number of aryl methyl sites for hydroxylation is 1. The maximum atomic E-state index is 12.5. The highest BCUT2D eigenvalue weighted by molar-refractivity contribution is 7.89. The van der Waals surface area contributed by atoms with E-state index in [1.807, 2.05) is 6.92 Å². The first-order chi connectivity index (χ1) is 9.86. The zero-order valence-corrected chi connectivity index (χ0v) is 13.2. The topological polar surface area (TPSA) is 92.4 Å². The van der Waals surface area contributed by atoms with E-state index in [0.717, 1.165) is 24.8 Å². The van der Waals surface area contributed by atoms with Crippen molar-refractivity contribution in [3.8, 4) is 0 Å². The Bertz CT molecular complexity index is 593. The molecule has 6 heteroatoms. The first-order valence-corrected chi connectivity index (χ1v) is 8.95. The van der Waals surface area contributed by atoms with E-state index in [-0.39, 0.29) is 11.4 Å². The van der Waals surface area contributed by atoms with Gasteiger partial charge >= 0.3 is 0 Å². The van der Waals surface area contributed by atoms with E-state index >= 15 is 0 Å². The molecule has 0 heterocycles. The summed E-state index contributed by atoms with van der Waals surface area (Å²) in [4.78, 5) is 0.212. The van der Waals surface area contributed by atoms with Gasteiger partial charge in [-0.25, -0.2) is 13.1 Å². The Morgan fingerprint density at radius 1 is 1.29 bits per heavy atom. The second kappa shape index (κ2) is 6.34. The zero-order chi connectivity index (χ0) is 15.5. The number of aliphatic hydroxyl groups is 1. The lowest BCUT2D eigenvalue weighted by atomic mass is 9.85. The van der Waals surface area contributed by atoms with E-state index in [0.29, 0.717) is 24.9 Å². The highest BCUT2D eigenvalue weighted by Gasteiger charge is 2.31. The van der Waals surface area contributed by atoms with Gasteiger partial charge in [0.15, 0.2) is 0 Å². The zero-order valence-electron chi connectivity index (χ0n) is 12.4. The monoisotopic (exact) mass is 312 g/mol. The number of benzene rings is 1. The van der Waals surface area contributed by atoms with Crippen molar-refractivity contribution in [1.82, 2.24) is 4.72 Å². The fraction of sp³-hybridized carbons (Fsp3) is 0.600. The number of rotatable bonds is 5. The predicted octanol–water partition coefficient (Wildman–Crippen LogP) is 1.80. The van der Waals surface area contributed by atoms with E-state index < -0.39 is 15.6 Å². The third-order valence-corrected chi connectivity index (χ3v) is 5.62. The molecule has 2 rings (SSSR count). The number of nitrogen functional groups attached to an aromatic ring is 1. The number of nitrogens with two attached hydrogens (primary N) is 1. The largest absolute Gasteiger partial charge is 0.399 e. The van der Waals surface area contributed by atoms with Crippen LogP contribution in [0.4, 0.5) is 5.69 Å². The SMILES string of the molecule is CCc1ccc(N)cc1S(=O)(=O)NCC1(O)CCCCC1. The number of nitrogens with one attached hydrogen (secondary N) is 1. The third kappa shape index (κ3) is 3.96. The Kier molecular flexibility index (Phi) is 4.91. The molecule has 1 aromatic rings. The average Bonchev–Trinajstić information content (AvgIpc) is 2.46. The molecule has 1 saturated carbocycles. The lowest BCUT2D eigenvalue weighted by Gasteiger charge is -2.32. The molecule has 1 aliphatic rings. The summed E-state index contributed by atoms with van der Waals surface area (Å²) >= 11 is 0. The van der Waals surface area contributed by atoms with Crippen LogP contribution in [0.1, 0.15) is 44.6 Å². The molecule has 21 heavy (non-hydrogen) atoms. The second-order valence-corrected chi connectivity index (χ2v) is 7.57. The normalized spacial score (nSPS) is 18.6. The van der Waals surface area contributed by atoms with Gasteiger partial charge in [-0.3, -0.25) is 0 Å². The average molecular weight is 312 g/mol. The van der Waals surface area contributed by atoms with Gasteiger partial charge in [0, 0.05) is 12.2 Å². The molecule has 0 bridgehead atoms. The van der Waals surface area contributed by atoms with Crippen molar-refractivity contribution in [2.45, 2.75) is 55.9 Å². The molecule has 118 valence electrons. The fourth-order valence-corrected chi connectivity index (χ4v) is 4.27. The summed E-state index contributed by atoms with van der Waals surface area (Å²) in [7, 11) is -3.65. The van der Waals surface area contributed by atoms with Crippen LogP contribution in [0.15, 0.2) is 23.1 Å². The maximum Gasteiger partial charge on any atom is 0.241 e. The van der Waals surface area contributed by atoms with Crippen LogP contribution in [0.3, 0.4) is 0 Å². The third-order valence-electron chi connectivity index (χ3n) is 4.14. The van der Waals surface area contributed by atoms with Crippen molar-refractivity contribution < 1.29 is 13.5 Å². The summed E-state index contributed by atoms with van der Waals surface area (Å²) in [6, 6.07) is 4.91. The Hall–Kier alpha value is -1.11. The van der Waals surface area contributed by atoms with Crippen LogP contribution in [0.5, 0.6) is 0 Å². The molecule has 1 aliphatic carbocycles. The summed E-state index contributed by atoms with van der Waals surface area (Å²) < 4.78 is 27.5. The van der Waals surface area contributed by atoms with Crippen molar-refractivity contribution in [2.24, 2.45) is 0 Å². The van der Waals surface area contributed by atoms with Crippen molar-refractivity contribution in [3.63, 3.8) is 0 Å². The van der Waals surface area contributed by atoms with Crippen LogP contribution in [0.25, 0.3) is 0 Å².